The number of rotatable bonds is 8. The van der Waals surface area contributed by atoms with Crippen LogP contribution in [0.15, 0.2) is 63.4 Å². The van der Waals surface area contributed by atoms with Gasteiger partial charge in [-0.15, -0.1) is 0 Å². The van der Waals surface area contributed by atoms with Gasteiger partial charge in [0, 0.05) is 28.3 Å². The Morgan fingerprint density at radius 3 is 2.55 bits per heavy atom. The van der Waals surface area contributed by atoms with Crippen LogP contribution in [0.3, 0.4) is 0 Å². The Hall–Kier alpha value is -2.66. The van der Waals surface area contributed by atoms with Gasteiger partial charge in [0.1, 0.15) is 30.2 Å². The lowest BCUT2D eigenvalue weighted by Crippen LogP contribution is -2.60. The third kappa shape index (κ3) is 5.46. The number of aryl methyl sites for hydroxylation is 1. The number of pyridine rings is 1. The molecule has 1 saturated carbocycles. The fraction of sp³-hybridized carbons (Fsp3) is 0.357. The molecule has 2 aromatic rings. The highest BCUT2D eigenvalue weighted by molar-refractivity contribution is 6.37. The van der Waals surface area contributed by atoms with Crippen LogP contribution in [-0.2, 0) is 10.4 Å². The van der Waals surface area contributed by atoms with E-state index in [1.165, 1.54) is 18.2 Å². The molecule has 0 radical (unpaired) electrons. The number of benzene rings is 1. The van der Waals surface area contributed by atoms with Crippen molar-refractivity contribution in [1.29, 1.82) is 0 Å². The van der Waals surface area contributed by atoms with Crippen LogP contribution >= 0.6 is 34.8 Å². The number of aromatic nitrogens is 1. The smallest absolute Gasteiger partial charge is 0.167 e. The second-order valence-electron chi connectivity index (χ2n) is 10.3. The van der Waals surface area contributed by atoms with E-state index in [0.717, 1.165) is 0 Å². The predicted molar refractivity (Wildman–Crippen MR) is 150 cm³/mol. The maximum Gasteiger partial charge on any atom is 0.167 e. The zero-order valence-electron chi connectivity index (χ0n) is 21.4. The van der Waals surface area contributed by atoms with Crippen molar-refractivity contribution in [3.05, 3.63) is 85.4 Å². The molecule has 1 aromatic carbocycles. The normalized spacial score (nSPS) is 22.9. The van der Waals surface area contributed by atoms with E-state index >= 15 is 0 Å². The summed E-state index contributed by atoms with van der Waals surface area (Å²) < 4.78 is 20.2. The number of aliphatic hydroxyl groups excluding tert-OH is 2. The minimum Gasteiger partial charge on any atom is -0.489 e. The van der Waals surface area contributed by atoms with Crippen LogP contribution in [0.1, 0.15) is 24.0 Å². The molecule has 2 fully saturated rings. The van der Waals surface area contributed by atoms with E-state index in [2.05, 4.69) is 4.98 Å². The van der Waals surface area contributed by atoms with Gasteiger partial charge in [0.15, 0.2) is 17.4 Å². The average molecular weight is 611 g/mol. The van der Waals surface area contributed by atoms with Crippen LogP contribution in [0, 0.1) is 18.7 Å². The van der Waals surface area contributed by atoms with Crippen LogP contribution in [0.25, 0.3) is 0 Å². The molecule has 5 N–H and O–H groups in total. The van der Waals surface area contributed by atoms with Gasteiger partial charge in [-0.1, -0.05) is 40.9 Å². The molecule has 3 aliphatic rings. The van der Waals surface area contributed by atoms with Crippen LogP contribution in [0.5, 0.6) is 5.75 Å². The molecule has 2 aliphatic carbocycles. The summed E-state index contributed by atoms with van der Waals surface area (Å²) in [6, 6.07) is 6.11. The lowest BCUT2D eigenvalue weighted by Gasteiger charge is -2.47. The highest BCUT2D eigenvalue weighted by atomic mass is 35.5. The fourth-order valence-corrected chi connectivity index (χ4v) is 5.86. The molecule has 1 saturated heterocycles. The molecule has 2 atom stereocenters. The Labute approximate surface area is 245 Å². The number of aliphatic hydroxyl groups is 3. The van der Waals surface area contributed by atoms with Crippen molar-refractivity contribution in [3.63, 3.8) is 0 Å². The SMILES string of the molecule is Cc1cnc(N2CC(O)(c3ccc(OCC(C(=O)C4CC4)=C(N)C4=C(Cl)C(O)C(O)C=C4Cl)cc3Cl)C2)c(F)c1. The van der Waals surface area contributed by atoms with Crippen molar-refractivity contribution in [3.8, 4) is 5.75 Å². The summed E-state index contributed by atoms with van der Waals surface area (Å²) in [4.78, 5) is 18.9. The molecule has 0 bridgehead atoms. The van der Waals surface area contributed by atoms with E-state index in [1.54, 1.807) is 30.2 Å². The standard InChI is InChI=1S/C28H27Cl3FN3O5/c1-13-6-20(32)27(34-9-13)35-11-28(39,12-35)17-5-4-15(7-18(17)29)40-10-16(25(37)14-2-3-14)24(33)22-19(30)8-21(36)26(38)23(22)31/h4-9,14,21,26,36,38-39H,2-3,10-12,33H2,1H3. The molecule has 0 spiro atoms. The lowest BCUT2D eigenvalue weighted by atomic mass is 9.86. The molecule has 40 heavy (non-hydrogen) atoms. The number of hydrogen-bond acceptors (Lipinski definition) is 8. The number of Topliss-reactive ketones (excluding diaryl/α,β-unsaturated/α-hetero) is 1. The van der Waals surface area contributed by atoms with Crippen molar-refractivity contribution in [2.45, 2.75) is 37.6 Å². The maximum absolute atomic E-state index is 14.3. The van der Waals surface area contributed by atoms with Gasteiger partial charge < -0.3 is 30.7 Å². The molecule has 212 valence electrons. The van der Waals surface area contributed by atoms with Gasteiger partial charge in [-0.05, 0) is 49.6 Å². The number of hydrogen-bond donors (Lipinski definition) is 4. The molecule has 1 aromatic heterocycles. The monoisotopic (exact) mass is 609 g/mol. The number of ketones is 1. The Balaban J connectivity index is 1.34. The maximum atomic E-state index is 14.3. The number of anilines is 1. The van der Waals surface area contributed by atoms with Crippen molar-refractivity contribution >= 4 is 46.4 Å². The average Bonchev–Trinajstić information content (AvgIpc) is 3.71. The number of allylic oxidation sites excluding steroid dienone is 1. The van der Waals surface area contributed by atoms with Crippen molar-refractivity contribution in [1.82, 2.24) is 4.98 Å². The Morgan fingerprint density at radius 2 is 1.93 bits per heavy atom. The highest BCUT2D eigenvalue weighted by Gasteiger charge is 2.45. The number of β-amino-alcohol motifs (C(OH)–C–C–N with tert-alkyl or cyclic N) is 1. The minimum absolute atomic E-state index is 0.0114. The van der Waals surface area contributed by atoms with E-state index < -0.39 is 23.6 Å². The van der Waals surface area contributed by atoms with E-state index in [-0.39, 0.29) is 69.1 Å². The summed E-state index contributed by atoms with van der Waals surface area (Å²) in [5.74, 6) is -0.409. The number of ether oxygens (including phenoxy) is 1. The Morgan fingerprint density at radius 1 is 1.23 bits per heavy atom. The third-order valence-corrected chi connectivity index (χ3v) is 8.25. The van der Waals surface area contributed by atoms with Gasteiger partial charge in [-0.2, -0.15) is 0 Å². The number of halogens is 4. The fourth-order valence-electron chi connectivity index (χ4n) is 4.80. The molecule has 1 aliphatic heterocycles. The van der Waals surface area contributed by atoms with Gasteiger partial charge in [0.2, 0.25) is 0 Å². The van der Waals surface area contributed by atoms with E-state index in [0.29, 0.717) is 29.7 Å². The van der Waals surface area contributed by atoms with E-state index in [9.17, 15) is 24.5 Å². The summed E-state index contributed by atoms with van der Waals surface area (Å²) >= 11 is 19.0. The molecule has 5 rings (SSSR count). The van der Waals surface area contributed by atoms with Crippen molar-refractivity contribution in [2.75, 3.05) is 24.6 Å². The van der Waals surface area contributed by atoms with Crippen molar-refractivity contribution < 1.29 is 29.2 Å². The van der Waals surface area contributed by atoms with Crippen LogP contribution in [0.2, 0.25) is 5.02 Å². The van der Waals surface area contributed by atoms with Crippen LogP contribution < -0.4 is 15.4 Å². The summed E-state index contributed by atoms with van der Waals surface area (Å²) in [7, 11) is 0. The molecule has 8 nitrogen and oxygen atoms in total. The van der Waals surface area contributed by atoms with E-state index in [4.69, 9.17) is 45.3 Å². The van der Waals surface area contributed by atoms with Crippen molar-refractivity contribution in [2.24, 2.45) is 11.7 Å². The first-order valence-corrected chi connectivity index (χ1v) is 13.7. The number of carbonyl (C=O) groups is 1. The first kappa shape index (κ1) is 28.9. The number of carbonyl (C=O) groups excluding carboxylic acids is 1. The molecule has 2 unspecified atom stereocenters. The van der Waals surface area contributed by atoms with Gasteiger partial charge in [0.25, 0.3) is 0 Å². The first-order chi connectivity index (χ1) is 18.9. The summed E-state index contributed by atoms with van der Waals surface area (Å²) in [5, 5.41) is 31.3. The van der Waals surface area contributed by atoms with Gasteiger partial charge in [-0.3, -0.25) is 4.79 Å². The second-order valence-corrected chi connectivity index (χ2v) is 11.6. The summed E-state index contributed by atoms with van der Waals surface area (Å²) in [6.07, 6.45) is 1.45. The molecular formula is C28H27Cl3FN3O5. The number of nitrogens with two attached hydrogens (primary N) is 1. The Kier molecular flexibility index (Phi) is 7.91. The largest absolute Gasteiger partial charge is 0.489 e. The second kappa shape index (κ2) is 11.0. The first-order valence-electron chi connectivity index (χ1n) is 12.6. The highest BCUT2D eigenvalue weighted by Crippen LogP contribution is 2.41. The van der Waals surface area contributed by atoms with Gasteiger partial charge in [-0.25, -0.2) is 9.37 Å². The zero-order chi connectivity index (χ0) is 28.9. The van der Waals surface area contributed by atoms with Gasteiger partial charge in [0.05, 0.1) is 34.4 Å². The van der Waals surface area contributed by atoms with E-state index in [1.807, 2.05) is 0 Å². The lowest BCUT2D eigenvalue weighted by molar-refractivity contribution is -0.117. The minimum atomic E-state index is -1.44. The zero-order valence-corrected chi connectivity index (χ0v) is 23.6. The Bertz CT molecular complexity index is 1470. The van der Waals surface area contributed by atoms with Crippen LogP contribution in [-0.4, -0.2) is 58.0 Å². The molecule has 12 heteroatoms. The van der Waals surface area contributed by atoms with Crippen LogP contribution in [0.4, 0.5) is 10.2 Å². The molecular weight excluding hydrogens is 584 g/mol. The topological polar surface area (TPSA) is 129 Å². The summed E-state index contributed by atoms with van der Waals surface area (Å²) in [5.41, 5.74) is 6.33. The molecule has 2 heterocycles. The molecule has 0 amide bonds. The third-order valence-electron chi connectivity index (χ3n) is 7.21. The quantitative estimate of drug-likeness (QED) is 0.332. The van der Waals surface area contributed by atoms with Gasteiger partial charge >= 0.3 is 0 Å². The predicted octanol–water partition coefficient (Wildman–Crippen LogP) is 3.81. The summed E-state index contributed by atoms with van der Waals surface area (Å²) in [6.45, 7) is 1.71. The number of nitrogens with zero attached hydrogens (tertiary/aromatic N) is 2.